The first-order valence-corrected chi connectivity index (χ1v) is 5.88. The Morgan fingerprint density at radius 2 is 2.35 bits per heavy atom. The zero-order chi connectivity index (χ0) is 12.3. The molecule has 0 saturated heterocycles. The SMILES string of the molecule is Cc1ccncc1CNC(=O)c1ccoc1Br. The Kier molecular flexibility index (Phi) is 3.58. The number of carbonyl (C=O) groups excluding carboxylic acids is 1. The largest absolute Gasteiger partial charge is 0.457 e. The second kappa shape index (κ2) is 5.14. The highest BCUT2D eigenvalue weighted by molar-refractivity contribution is 9.10. The van der Waals surface area contributed by atoms with Crippen molar-refractivity contribution in [2.24, 2.45) is 0 Å². The molecule has 2 aromatic heterocycles. The molecule has 0 aromatic carbocycles. The standard InChI is InChI=1S/C12H11BrN2O2/c1-8-2-4-14-6-9(8)7-15-12(16)10-3-5-17-11(10)13/h2-6H,7H2,1H3,(H,15,16). The van der Waals surface area contributed by atoms with Gasteiger partial charge in [0.2, 0.25) is 0 Å². The van der Waals surface area contributed by atoms with Gasteiger partial charge in [-0.2, -0.15) is 0 Å². The fourth-order valence-electron chi connectivity index (χ4n) is 1.41. The van der Waals surface area contributed by atoms with Crippen molar-refractivity contribution >= 4 is 21.8 Å². The summed E-state index contributed by atoms with van der Waals surface area (Å²) < 4.78 is 5.45. The minimum atomic E-state index is -0.172. The normalized spacial score (nSPS) is 10.2. The highest BCUT2D eigenvalue weighted by Gasteiger charge is 2.12. The number of aromatic nitrogens is 1. The van der Waals surface area contributed by atoms with Crippen LogP contribution in [-0.2, 0) is 6.54 Å². The van der Waals surface area contributed by atoms with E-state index in [0.717, 1.165) is 11.1 Å². The smallest absolute Gasteiger partial charge is 0.256 e. The van der Waals surface area contributed by atoms with Gasteiger partial charge in [-0.05, 0) is 46.1 Å². The lowest BCUT2D eigenvalue weighted by molar-refractivity contribution is 0.0949. The molecule has 4 nitrogen and oxygen atoms in total. The quantitative estimate of drug-likeness (QED) is 0.947. The van der Waals surface area contributed by atoms with Gasteiger partial charge >= 0.3 is 0 Å². The monoisotopic (exact) mass is 294 g/mol. The molecule has 0 aliphatic rings. The molecule has 1 N–H and O–H groups in total. The summed E-state index contributed by atoms with van der Waals surface area (Å²) in [5.41, 5.74) is 2.60. The molecule has 0 unspecified atom stereocenters. The van der Waals surface area contributed by atoms with Gasteiger partial charge in [0.15, 0.2) is 4.67 Å². The first-order chi connectivity index (χ1) is 8.18. The number of furan rings is 1. The predicted octanol–water partition coefficient (Wildman–Crippen LogP) is 2.68. The van der Waals surface area contributed by atoms with E-state index >= 15 is 0 Å². The van der Waals surface area contributed by atoms with Crippen LogP contribution in [-0.4, -0.2) is 10.9 Å². The van der Waals surface area contributed by atoms with Gasteiger partial charge in [-0.25, -0.2) is 0 Å². The summed E-state index contributed by atoms with van der Waals surface area (Å²) in [6.07, 6.45) is 4.95. The summed E-state index contributed by atoms with van der Waals surface area (Å²) in [6, 6.07) is 3.53. The van der Waals surface area contributed by atoms with E-state index in [-0.39, 0.29) is 5.91 Å². The molecule has 0 radical (unpaired) electrons. The van der Waals surface area contributed by atoms with Gasteiger partial charge < -0.3 is 9.73 Å². The summed E-state index contributed by atoms with van der Waals surface area (Å²) in [5, 5.41) is 2.81. The third-order valence-corrected chi connectivity index (χ3v) is 3.06. The van der Waals surface area contributed by atoms with Crippen molar-refractivity contribution in [3.8, 4) is 0 Å². The maximum Gasteiger partial charge on any atom is 0.256 e. The van der Waals surface area contributed by atoms with Crippen LogP contribution in [0.25, 0.3) is 0 Å². The van der Waals surface area contributed by atoms with E-state index in [4.69, 9.17) is 4.42 Å². The van der Waals surface area contributed by atoms with Gasteiger partial charge in [0, 0.05) is 18.9 Å². The molecule has 0 aliphatic heterocycles. The second-order valence-electron chi connectivity index (χ2n) is 3.59. The third-order valence-electron chi connectivity index (χ3n) is 2.45. The minimum absolute atomic E-state index is 0.172. The number of hydrogen-bond acceptors (Lipinski definition) is 3. The highest BCUT2D eigenvalue weighted by Crippen LogP contribution is 2.17. The van der Waals surface area contributed by atoms with E-state index in [1.807, 2.05) is 13.0 Å². The van der Waals surface area contributed by atoms with Gasteiger partial charge in [0.05, 0.1) is 11.8 Å². The van der Waals surface area contributed by atoms with E-state index in [0.29, 0.717) is 16.8 Å². The zero-order valence-electron chi connectivity index (χ0n) is 9.24. The van der Waals surface area contributed by atoms with Crippen molar-refractivity contribution in [3.63, 3.8) is 0 Å². The van der Waals surface area contributed by atoms with Crippen LogP contribution < -0.4 is 5.32 Å². The average molecular weight is 295 g/mol. The molecule has 2 heterocycles. The Labute approximate surface area is 107 Å². The maximum absolute atomic E-state index is 11.8. The predicted molar refractivity (Wildman–Crippen MR) is 66.6 cm³/mol. The molecule has 2 rings (SSSR count). The summed E-state index contributed by atoms with van der Waals surface area (Å²) in [6.45, 7) is 2.44. The average Bonchev–Trinajstić information content (AvgIpc) is 2.74. The van der Waals surface area contributed by atoms with Crippen molar-refractivity contribution in [2.45, 2.75) is 13.5 Å². The van der Waals surface area contributed by atoms with Gasteiger partial charge in [0.1, 0.15) is 0 Å². The highest BCUT2D eigenvalue weighted by atomic mass is 79.9. The lowest BCUT2D eigenvalue weighted by atomic mass is 10.1. The fourth-order valence-corrected chi connectivity index (χ4v) is 1.83. The molecule has 2 aromatic rings. The van der Waals surface area contributed by atoms with Gasteiger partial charge in [-0.1, -0.05) is 0 Å². The molecule has 88 valence electrons. The molecular weight excluding hydrogens is 284 g/mol. The van der Waals surface area contributed by atoms with Gasteiger partial charge in [0.25, 0.3) is 5.91 Å². The van der Waals surface area contributed by atoms with Crippen molar-refractivity contribution in [1.82, 2.24) is 10.3 Å². The first kappa shape index (κ1) is 11.9. The van der Waals surface area contributed by atoms with E-state index in [9.17, 15) is 4.79 Å². The fraction of sp³-hybridized carbons (Fsp3) is 0.167. The van der Waals surface area contributed by atoms with E-state index in [1.165, 1.54) is 6.26 Å². The number of hydrogen-bond donors (Lipinski definition) is 1. The minimum Gasteiger partial charge on any atom is -0.457 e. The van der Waals surface area contributed by atoms with E-state index in [2.05, 4.69) is 26.2 Å². The molecule has 0 spiro atoms. The number of nitrogens with one attached hydrogen (secondary N) is 1. The molecule has 0 bridgehead atoms. The number of nitrogens with zero attached hydrogens (tertiary/aromatic N) is 1. The Morgan fingerprint density at radius 1 is 1.53 bits per heavy atom. The second-order valence-corrected chi connectivity index (χ2v) is 4.31. The van der Waals surface area contributed by atoms with Crippen LogP contribution in [0, 0.1) is 6.92 Å². The van der Waals surface area contributed by atoms with Crippen LogP contribution in [0.4, 0.5) is 0 Å². The molecule has 1 amide bonds. The number of aryl methyl sites for hydroxylation is 1. The van der Waals surface area contributed by atoms with Crippen LogP contribution in [0.3, 0.4) is 0 Å². The summed E-state index contributed by atoms with van der Waals surface area (Å²) in [7, 11) is 0. The zero-order valence-corrected chi connectivity index (χ0v) is 10.8. The van der Waals surface area contributed by atoms with Crippen molar-refractivity contribution in [3.05, 3.63) is 52.1 Å². The number of pyridine rings is 1. The Balaban J connectivity index is 2.02. The maximum atomic E-state index is 11.8. The first-order valence-electron chi connectivity index (χ1n) is 5.09. The van der Waals surface area contributed by atoms with E-state index < -0.39 is 0 Å². The molecule has 0 saturated carbocycles. The molecule has 0 aliphatic carbocycles. The number of rotatable bonds is 3. The number of halogens is 1. The van der Waals surface area contributed by atoms with Crippen LogP contribution in [0.2, 0.25) is 0 Å². The van der Waals surface area contributed by atoms with Crippen molar-refractivity contribution in [2.75, 3.05) is 0 Å². The molecule has 17 heavy (non-hydrogen) atoms. The molecule has 0 atom stereocenters. The van der Waals surface area contributed by atoms with E-state index in [1.54, 1.807) is 18.5 Å². The van der Waals surface area contributed by atoms with Crippen LogP contribution in [0.15, 0.2) is 39.9 Å². The third kappa shape index (κ3) is 2.74. The Morgan fingerprint density at radius 3 is 3.00 bits per heavy atom. The Bertz CT molecular complexity index is 537. The topological polar surface area (TPSA) is 55.1 Å². The summed E-state index contributed by atoms with van der Waals surface area (Å²) in [5.74, 6) is -0.172. The number of carbonyl (C=O) groups is 1. The van der Waals surface area contributed by atoms with Gasteiger partial charge in [-0.3, -0.25) is 9.78 Å². The van der Waals surface area contributed by atoms with Crippen molar-refractivity contribution < 1.29 is 9.21 Å². The van der Waals surface area contributed by atoms with Gasteiger partial charge in [-0.15, -0.1) is 0 Å². The lowest BCUT2D eigenvalue weighted by Gasteiger charge is -2.06. The summed E-state index contributed by atoms with van der Waals surface area (Å²) >= 11 is 3.17. The summed E-state index contributed by atoms with van der Waals surface area (Å²) in [4.78, 5) is 15.8. The van der Waals surface area contributed by atoms with Crippen molar-refractivity contribution in [1.29, 1.82) is 0 Å². The lowest BCUT2D eigenvalue weighted by Crippen LogP contribution is -2.23. The van der Waals surface area contributed by atoms with Crippen LogP contribution >= 0.6 is 15.9 Å². The molecule has 5 heteroatoms. The molecular formula is C12H11BrN2O2. The van der Waals surface area contributed by atoms with Crippen LogP contribution in [0.1, 0.15) is 21.5 Å². The Hall–Kier alpha value is -1.62. The van der Waals surface area contributed by atoms with Crippen LogP contribution in [0.5, 0.6) is 0 Å². The number of amides is 1. The molecule has 0 fully saturated rings.